The fourth-order valence-electron chi connectivity index (χ4n) is 2.02. The predicted molar refractivity (Wildman–Crippen MR) is 83.0 cm³/mol. The summed E-state index contributed by atoms with van der Waals surface area (Å²) in [5, 5.41) is 7.23. The van der Waals surface area contributed by atoms with E-state index in [-0.39, 0.29) is 11.9 Å². The van der Waals surface area contributed by atoms with Crippen molar-refractivity contribution in [3.8, 4) is 0 Å². The SMILES string of the molecule is C[C@@H](CNC(=O)[C@H](c1ccccc1)n1cccn1)N(C)C. The van der Waals surface area contributed by atoms with Gasteiger partial charge in [0.2, 0.25) is 5.91 Å². The van der Waals surface area contributed by atoms with Gasteiger partial charge in [-0.2, -0.15) is 5.10 Å². The van der Waals surface area contributed by atoms with Gasteiger partial charge in [-0.3, -0.25) is 9.48 Å². The van der Waals surface area contributed by atoms with Crippen molar-refractivity contribution in [1.29, 1.82) is 0 Å². The van der Waals surface area contributed by atoms with E-state index in [2.05, 4.69) is 22.2 Å². The number of nitrogens with zero attached hydrogens (tertiary/aromatic N) is 3. The normalized spacial score (nSPS) is 13.9. The van der Waals surface area contributed by atoms with Crippen LogP contribution in [0.2, 0.25) is 0 Å². The van der Waals surface area contributed by atoms with Gasteiger partial charge < -0.3 is 10.2 Å². The first kappa shape index (κ1) is 15.3. The van der Waals surface area contributed by atoms with Gasteiger partial charge in [-0.1, -0.05) is 30.3 Å². The molecular formula is C16H22N4O. The molecule has 5 heteroatoms. The Bertz CT molecular complexity index is 551. The van der Waals surface area contributed by atoms with Crippen LogP contribution in [0.3, 0.4) is 0 Å². The third-order valence-electron chi connectivity index (χ3n) is 3.61. The maximum absolute atomic E-state index is 12.6. The van der Waals surface area contributed by atoms with Gasteiger partial charge in [0.1, 0.15) is 0 Å². The van der Waals surface area contributed by atoms with E-state index < -0.39 is 6.04 Å². The van der Waals surface area contributed by atoms with Gasteiger partial charge >= 0.3 is 0 Å². The first-order chi connectivity index (χ1) is 10.1. The lowest BCUT2D eigenvalue weighted by atomic mass is 10.1. The number of carbonyl (C=O) groups is 1. The summed E-state index contributed by atoms with van der Waals surface area (Å²) in [5.41, 5.74) is 0.927. The largest absolute Gasteiger partial charge is 0.352 e. The zero-order chi connectivity index (χ0) is 15.2. The molecule has 1 aromatic carbocycles. The fourth-order valence-corrected chi connectivity index (χ4v) is 2.02. The number of likely N-dealkylation sites (N-methyl/N-ethyl adjacent to an activating group) is 1. The molecule has 21 heavy (non-hydrogen) atoms. The average molecular weight is 286 g/mol. The van der Waals surface area contributed by atoms with Gasteiger partial charge in [0.15, 0.2) is 6.04 Å². The number of aromatic nitrogens is 2. The van der Waals surface area contributed by atoms with Crippen molar-refractivity contribution in [2.45, 2.75) is 19.0 Å². The number of hydrogen-bond donors (Lipinski definition) is 1. The van der Waals surface area contributed by atoms with E-state index in [1.54, 1.807) is 10.9 Å². The number of benzene rings is 1. The van der Waals surface area contributed by atoms with Crippen LogP contribution in [0, 0.1) is 0 Å². The average Bonchev–Trinajstić information content (AvgIpc) is 3.00. The third-order valence-corrected chi connectivity index (χ3v) is 3.61. The Kier molecular flexibility index (Phi) is 5.11. The lowest BCUT2D eigenvalue weighted by Crippen LogP contribution is -2.41. The highest BCUT2D eigenvalue weighted by molar-refractivity contribution is 5.83. The first-order valence-corrected chi connectivity index (χ1v) is 7.08. The lowest BCUT2D eigenvalue weighted by Gasteiger charge is -2.23. The molecule has 1 amide bonds. The topological polar surface area (TPSA) is 50.2 Å². The second kappa shape index (κ2) is 7.04. The number of amides is 1. The van der Waals surface area contributed by atoms with Crippen LogP contribution in [0.15, 0.2) is 48.8 Å². The van der Waals surface area contributed by atoms with Crippen molar-refractivity contribution in [2.75, 3.05) is 20.6 Å². The Labute approximate surface area is 125 Å². The summed E-state index contributed by atoms with van der Waals surface area (Å²) in [7, 11) is 4.00. The monoisotopic (exact) mass is 286 g/mol. The first-order valence-electron chi connectivity index (χ1n) is 7.08. The highest BCUT2D eigenvalue weighted by Crippen LogP contribution is 2.17. The minimum atomic E-state index is -0.435. The Hall–Kier alpha value is -2.14. The molecule has 2 atom stereocenters. The van der Waals surface area contributed by atoms with Gasteiger partial charge in [-0.15, -0.1) is 0 Å². The van der Waals surface area contributed by atoms with Crippen LogP contribution in [0.1, 0.15) is 18.5 Å². The van der Waals surface area contributed by atoms with Crippen molar-refractivity contribution >= 4 is 5.91 Å². The van der Waals surface area contributed by atoms with Gasteiger partial charge in [0.25, 0.3) is 0 Å². The van der Waals surface area contributed by atoms with Crippen LogP contribution in [0.25, 0.3) is 0 Å². The maximum atomic E-state index is 12.6. The van der Waals surface area contributed by atoms with E-state index in [0.29, 0.717) is 6.54 Å². The smallest absolute Gasteiger partial charge is 0.249 e. The van der Waals surface area contributed by atoms with Gasteiger partial charge in [-0.25, -0.2) is 0 Å². The third kappa shape index (κ3) is 3.92. The minimum absolute atomic E-state index is 0.0430. The molecule has 0 spiro atoms. The van der Waals surface area contributed by atoms with E-state index in [9.17, 15) is 4.79 Å². The molecule has 112 valence electrons. The van der Waals surface area contributed by atoms with E-state index >= 15 is 0 Å². The number of rotatable bonds is 6. The second-order valence-corrected chi connectivity index (χ2v) is 5.36. The molecule has 0 bridgehead atoms. The zero-order valence-electron chi connectivity index (χ0n) is 12.7. The van der Waals surface area contributed by atoms with Gasteiger partial charge in [0.05, 0.1) is 0 Å². The quantitative estimate of drug-likeness (QED) is 0.876. The summed E-state index contributed by atoms with van der Waals surface area (Å²) in [6.07, 6.45) is 3.50. The highest BCUT2D eigenvalue weighted by atomic mass is 16.2. The van der Waals surface area contributed by atoms with E-state index in [0.717, 1.165) is 5.56 Å². The molecule has 5 nitrogen and oxygen atoms in total. The molecule has 0 unspecified atom stereocenters. The van der Waals surface area contributed by atoms with Crippen LogP contribution < -0.4 is 5.32 Å². The lowest BCUT2D eigenvalue weighted by molar-refractivity contribution is -0.123. The number of carbonyl (C=O) groups excluding carboxylic acids is 1. The Morgan fingerprint density at radius 1 is 1.29 bits per heavy atom. The molecule has 1 aromatic heterocycles. The van der Waals surface area contributed by atoms with Crippen LogP contribution >= 0.6 is 0 Å². The summed E-state index contributed by atoms with van der Waals surface area (Å²) in [6.45, 7) is 2.68. The molecule has 0 aliphatic rings. The van der Waals surface area contributed by atoms with Crippen molar-refractivity contribution in [1.82, 2.24) is 20.0 Å². The Morgan fingerprint density at radius 3 is 2.57 bits per heavy atom. The summed E-state index contributed by atoms with van der Waals surface area (Å²) < 4.78 is 1.69. The summed E-state index contributed by atoms with van der Waals surface area (Å²) in [6, 6.07) is 11.4. The number of nitrogens with one attached hydrogen (secondary N) is 1. The van der Waals surface area contributed by atoms with E-state index in [1.807, 2.05) is 56.7 Å². The molecule has 2 aromatic rings. The van der Waals surface area contributed by atoms with Crippen LogP contribution in [-0.4, -0.2) is 47.3 Å². The standard InChI is InChI=1S/C16H22N4O/c1-13(19(2)3)12-17-16(21)15(20-11-7-10-18-20)14-8-5-4-6-9-14/h4-11,13,15H,12H2,1-3H3,(H,17,21)/t13-,15-/m0/s1. The van der Waals surface area contributed by atoms with Crippen LogP contribution in [-0.2, 0) is 4.79 Å². The Balaban J connectivity index is 2.15. The minimum Gasteiger partial charge on any atom is -0.352 e. The molecule has 1 N–H and O–H groups in total. The molecule has 0 aliphatic heterocycles. The van der Waals surface area contributed by atoms with Gasteiger partial charge in [-0.05, 0) is 32.6 Å². The molecule has 1 heterocycles. The summed E-state index contributed by atoms with van der Waals surface area (Å²) in [5.74, 6) is -0.0430. The molecule has 0 radical (unpaired) electrons. The van der Waals surface area contributed by atoms with Crippen LogP contribution in [0.5, 0.6) is 0 Å². The van der Waals surface area contributed by atoms with E-state index in [1.165, 1.54) is 0 Å². The van der Waals surface area contributed by atoms with Crippen molar-refractivity contribution < 1.29 is 4.79 Å². The van der Waals surface area contributed by atoms with Crippen LogP contribution in [0.4, 0.5) is 0 Å². The molecule has 0 fully saturated rings. The molecule has 0 aliphatic carbocycles. The van der Waals surface area contributed by atoms with Crippen molar-refractivity contribution in [3.05, 3.63) is 54.4 Å². The molecule has 2 rings (SSSR count). The predicted octanol–water partition coefficient (Wildman–Crippen LogP) is 1.54. The summed E-state index contributed by atoms with van der Waals surface area (Å²) >= 11 is 0. The number of hydrogen-bond acceptors (Lipinski definition) is 3. The Morgan fingerprint density at radius 2 is 2.00 bits per heavy atom. The molecule has 0 saturated heterocycles. The van der Waals surface area contributed by atoms with E-state index in [4.69, 9.17) is 0 Å². The summed E-state index contributed by atoms with van der Waals surface area (Å²) in [4.78, 5) is 14.7. The second-order valence-electron chi connectivity index (χ2n) is 5.36. The zero-order valence-corrected chi connectivity index (χ0v) is 12.7. The molecule has 0 saturated carbocycles. The highest BCUT2D eigenvalue weighted by Gasteiger charge is 2.23. The van der Waals surface area contributed by atoms with Crippen molar-refractivity contribution in [2.24, 2.45) is 0 Å². The maximum Gasteiger partial charge on any atom is 0.249 e. The fraction of sp³-hybridized carbons (Fsp3) is 0.375. The van der Waals surface area contributed by atoms with Crippen molar-refractivity contribution in [3.63, 3.8) is 0 Å². The molecular weight excluding hydrogens is 264 g/mol. The van der Waals surface area contributed by atoms with Gasteiger partial charge in [0, 0.05) is 25.0 Å².